The van der Waals surface area contributed by atoms with Gasteiger partial charge >= 0.3 is 6.18 Å². The number of hydrogen-bond acceptors (Lipinski definition) is 4. The number of ether oxygens (including phenoxy) is 1. The molecule has 0 spiro atoms. The highest BCUT2D eigenvalue weighted by atomic mass is 79.9. The number of hydrogen-bond donors (Lipinski definition) is 1. The van der Waals surface area contributed by atoms with Crippen molar-refractivity contribution in [2.24, 2.45) is 4.99 Å². The summed E-state index contributed by atoms with van der Waals surface area (Å²) in [6.45, 7) is 0.994. The summed E-state index contributed by atoms with van der Waals surface area (Å²) in [5, 5.41) is 3.46. The number of rotatable bonds is 4. The molecule has 1 aromatic heterocycles. The molecule has 5 nitrogen and oxygen atoms in total. The Morgan fingerprint density at radius 2 is 2.03 bits per heavy atom. The molecular weight excluding hydrogens is 477 g/mol. The van der Waals surface area contributed by atoms with Crippen molar-refractivity contribution in [2.45, 2.75) is 25.1 Å². The molecule has 2 aromatic carbocycles. The summed E-state index contributed by atoms with van der Waals surface area (Å²) >= 11 is 3.38. The van der Waals surface area contributed by atoms with Crippen LogP contribution in [0.4, 0.5) is 18.9 Å². The zero-order valence-electron chi connectivity index (χ0n) is 16.2. The first-order chi connectivity index (χ1) is 14.8. The number of fused-ring (bicyclic) bond motifs is 1. The van der Waals surface area contributed by atoms with E-state index in [9.17, 15) is 18.0 Å². The largest absolute Gasteiger partial charge is 0.438 e. The summed E-state index contributed by atoms with van der Waals surface area (Å²) in [4.78, 5) is 17.1. The Morgan fingerprint density at radius 1 is 1.19 bits per heavy atom. The summed E-state index contributed by atoms with van der Waals surface area (Å²) in [5.74, 6) is -0.438. The van der Waals surface area contributed by atoms with E-state index in [-0.39, 0.29) is 22.9 Å². The first kappa shape index (κ1) is 21.6. The van der Waals surface area contributed by atoms with Gasteiger partial charge in [-0.1, -0.05) is 22.0 Å². The van der Waals surface area contributed by atoms with Crippen molar-refractivity contribution in [1.29, 1.82) is 0 Å². The van der Waals surface area contributed by atoms with Crippen LogP contribution in [0.3, 0.4) is 0 Å². The monoisotopic (exact) mass is 494 g/mol. The van der Waals surface area contributed by atoms with Gasteiger partial charge < -0.3 is 14.5 Å². The molecule has 2 heterocycles. The second-order valence-corrected chi connectivity index (χ2v) is 8.07. The van der Waals surface area contributed by atoms with Crippen molar-refractivity contribution in [3.8, 4) is 0 Å². The highest BCUT2D eigenvalue weighted by Gasteiger charge is 2.30. The molecule has 1 fully saturated rings. The molecule has 31 heavy (non-hydrogen) atoms. The van der Waals surface area contributed by atoms with Crippen LogP contribution < -0.4 is 10.9 Å². The smallest absolute Gasteiger partial charge is 0.416 e. The average Bonchev–Trinajstić information content (AvgIpc) is 3.25. The quantitative estimate of drug-likeness (QED) is 0.531. The number of carbonyl (C=O) groups excluding carboxylic acids is 1. The second-order valence-electron chi connectivity index (χ2n) is 7.15. The minimum atomic E-state index is -4.50. The lowest BCUT2D eigenvalue weighted by Crippen LogP contribution is -2.34. The standard InChI is InChI=1S/C22H18BrF3N2O3/c23-15-6-7-19-13(9-15)10-18(20(29)27-12-17-5-2-8-30-17)21(31-19)28-16-4-1-3-14(11-16)22(24,25)26/h1,3-4,6-7,9-11,17H,2,5,8,12H2,(H,27,29)/t17-/m0/s1. The van der Waals surface area contributed by atoms with Crippen molar-refractivity contribution < 1.29 is 27.1 Å². The molecule has 1 aliphatic rings. The van der Waals surface area contributed by atoms with Gasteiger partial charge in [0.1, 0.15) is 11.1 Å². The van der Waals surface area contributed by atoms with Crippen LogP contribution in [0.15, 0.2) is 62.4 Å². The number of benzene rings is 2. The normalized spacial score (nSPS) is 17.3. The lowest BCUT2D eigenvalue weighted by atomic mass is 10.1. The molecule has 0 saturated carbocycles. The van der Waals surface area contributed by atoms with Gasteiger partial charge in [0.25, 0.3) is 5.91 Å². The number of alkyl halides is 3. The lowest BCUT2D eigenvalue weighted by Gasteiger charge is -2.11. The van der Waals surface area contributed by atoms with E-state index in [0.29, 0.717) is 24.1 Å². The second kappa shape index (κ2) is 8.84. The fraction of sp³-hybridized carbons (Fsp3) is 0.273. The number of amides is 1. The first-order valence-electron chi connectivity index (χ1n) is 9.65. The van der Waals surface area contributed by atoms with E-state index < -0.39 is 17.6 Å². The zero-order chi connectivity index (χ0) is 22.0. The third kappa shape index (κ3) is 5.16. The Kier molecular flexibility index (Phi) is 6.15. The third-order valence-corrected chi connectivity index (χ3v) is 5.36. The molecule has 9 heteroatoms. The van der Waals surface area contributed by atoms with Crippen LogP contribution >= 0.6 is 15.9 Å². The van der Waals surface area contributed by atoms with Gasteiger partial charge in [0, 0.05) is 23.0 Å². The van der Waals surface area contributed by atoms with Crippen molar-refractivity contribution in [3.63, 3.8) is 0 Å². The maximum atomic E-state index is 13.1. The lowest BCUT2D eigenvalue weighted by molar-refractivity contribution is -0.137. The summed E-state index contributed by atoms with van der Waals surface area (Å²) in [6, 6.07) is 11.4. The van der Waals surface area contributed by atoms with Gasteiger partial charge in [-0.3, -0.25) is 4.79 Å². The summed E-state index contributed by atoms with van der Waals surface area (Å²) in [6.07, 6.45) is -2.76. The van der Waals surface area contributed by atoms with Crippen molar-refractivity contribution >= 4 is 38.5 Å². The topological polar surface area (TPSA) is 63.8 Å². The molecule has 1 atom stereocenters. The van der Waals surface area contributed by atoms with E-state index in [1.807, 2.05) is 0 Å². The molecule has 0 radical (unpaired) electrons. The van der Waals surface area contributed by atoms with Gasteiger partial charge in [-0.15, -0.1) is 0 Å². The Morgan fingerprint density at radius 3 is 2.77 bits per heavy atom. The van der Waals surface area contributed by atoms with Crippen LogP contribution in [-0.4, -0.2) is 25.2 Å². The molecule has 1 amide bonds. The van der Waals surface area contributed by atoms with Gasteiger partial charge in [0.05, 0.1) is 17.4 Å². The fourth-order valence-electron chi connectivity index (χ4n) is 3.32. The van der Waals surface area contributed by atoms with E-state index in [1.54, 1.807) is 24.3 Å². The average molecular weight is 495 g/mol. The molecule has 1 saturated heterocycles. The van der Waals surface area contributed by atoms with Crippen LogP contribution in [0.25, 0.3) is 11.0 Å². The molecule has 1 N–H and O–H groups in total. The summed E-state index contributed by atoms with van der Waals surface area (Å²) in [7, 11) is 0. The number of halogens is 4. The van der Waals surface area contributed by atoms with Crippen molar-refractivity contribution in [1.82, 2.24) is 5.32 Å². The van der Waals surface area contributed by atoms with E-state index in [4.69, 9.17) is 9.15 Å². The van der Waals surface area contributed by atoms with Crippen molar-refractivity contribution in [2.75, 3.05) is 13.2 Å². The van der Waals surface area contributed by atoms with Crippen LogP contribution in [0.2, 0.25) is 0 Å². The first-order valence-corrected chi connectivity index (χ1v) is 10.4. The maximum Gasteiger partial charge on any atom is 0.416 e. The Hall–Kier alpha value is -2.65. The molecular formula is C22H18BrF3N2O3. The van der Waals surface area contributed by atoms with E-state index in [2.05, 4.69) is 26.2 Å². The number of nitrogens with zero attached hydrogens (tertiary/aromatic N) is 1. The highest BCUT2D eigenvalue weighted by molar-refractivity contribution is 9.10. The molecule has 0 unspecified atom stereocenters. The Balaban J connectivity index is 1.77. The molecule has 0 aliphatic carbocycles. The van der Waals surface area contributed by atoms with Gasteiger partial charge in [-0.25, -0.2) is 4.99 Å². The highest BCUT2D eigenvalue weighted by Crippen LogP contribution is 2.31. The maximum absolute atomic E-state index is 13.1. The third-order valence-electron chi connectivity index (χ3n) is 4.87. The Labute approximate surface area is 184 Å². The van der Waals surface area contributed by atoms with Crippen molar-refractivity contribution in [3.05, 3.63) is 69.7 Å². The van der Waals surface area contributed by atoms with Gasteiger partial charge in [0.2, 0.25) is 5.55 Å². The van der Waals surface area contributed by atoms with Gasteiger partial charge in [-0.05, 0) is 55.3 Å². The number of carbonyl (C=O) groups is 1. The zero-order valence-corrected chi connectivity index (χ0v) is 17.8. The van der Waals surface area contributed by atoms with Crippen LogP contribution in [0.5, 0.6) is 0 Å². The minimum Gasteiger partial charge on any atom is -0.438 e. The molecule has 4 rings (SSSR count). The molecule has 162 valence electrons. The van der Waals surface area contributed by atoms with Crippen LogP contribution in [-0.2, 0) is 10.9 Å². The van der Waals surface area contributed by atoms with Crippen LogP contribution in [0.1, 0.15) is 28.8 Å². The van der Waals surface area contributed by atoms with E-state index >= 15 is 0 Å². The molecule has 0 bridgehead atoms. The SMILES string of the molecule is O=C(NC[C@@H]1CCCO1)c1cc2cc(Br)ccc2oc1=Nc1cccc(C(F)(F)F)c1. The molecule has 3 aromatic rings. The predicted molar refractivity (Wildman–Crippen MR) is 112 cm³/mol. The summed E-state index contributed by atoms with van der Waals surface area (Å²) < 4.78 is 51.3. The summed E-state index contributed by atoms with van der Waals surface area (Å²) in [5.41, 5.74) is -0.296. The van der Waals surface area contributed by atoms with Gasteiger partial charge in [-0.2, -0.15) is 13.2 Å². The minimum absolute atomic E-state index is 0.0308. The predicted octanol–water partition coefficient (Wildman–Crippen LogP) is 5.36. The number of nitrogens with one attached hydrogen (secondary N) is 1. The fourth-order valence-corrected chi connectivity index (χ4v) is 3.70. The van der Waals surface area contributed by atoms with Gasteiger partial charge in [0.15, 0.2) is 0 Å². The Bertz CT molecular complexity index is 1180. The van der Waals surface area contributed by atoms with Crippen LogP contribution in [0, 0.1) is 0 Å². The van der Waals surface area contributed by atoms with E-state index in [1.165, 1.54) is 12.1 Å². The van der Waals surface area contributed by atoms with E-state index in [0.717, 1.165) is 29.4 Å². The molecule has 1 aliphatic heterocycles.